The molecule has 1 unspecified atom stereocenters. The summed E-state index contributed by atoms with van der Waals surface area (Å²) in [5.41, 5.74) is 0.177. The van der Waals surface area contributed by atoms with Gasteiger partial charge >= 0.3 is 0 Å². The van der Waals surface area contributed by atoms with Gasteiger partial charge < -0.3 is 10.4 Å². The van der Waals surface area contributed by atoms with Gasteiger partial charge in [-0.25, -0.2) is 0 Å². The van der Waals surface area contributed by atoms with Crippen LogP contribution in [0.15, 0.2) is 0 Å². The molecule has 0 aromatic heterocycles. The topological polar surface area (TPSA) is 49.3 Å². The zero-order valence-corrected chi connectivity index (χ0v) is 10.2. The summed E-state index contributed by atoms with van der Waals surface area (Å²) in [5, 5.41) is 12.0. The van der Waals surface area contributed by atoms with Crippen LogP contribution in [0.4, 0.5) is 0 Å². The first kappa shape index (κ1) is 12.5. The van der Waals surface area contributed by atoms with Gasteiger partial charge in [-0.05, 0) is 24.2 Å². The lowest BCUT2D eigenvalue weighted by atomic mass is 9.80. The lowest BCUT2D eigenvalue weighted by Crippen LogP contribution is -2.47. The molecule has 1 amide bonds. The number of rotatable bonds is 3. The Labute approximate surface area is 92.3 Å². The first-order valence-corrected chi connectivity index (χ1v) is 5.76. The number of aliphatic hydroxyl groups is 1. The van der Waals surface area contributed by atoms with Crippen molar-refractivity contribution in [3.8, 4) is 0 Å². The van der Waals surface area contributed by atoms with E-state index >= 15 is 0 Å². The number of aliphatic hydroxyl groups excluding tert-OH is 1. The van der Waals surface area contributed by atoms with Crippen LogP contribution in [0, 0.1) is 11.3 Å². The molecule has 0 aliphatic heterocycles. The van der Waals surface area contributed by atoms with E-state index in [0.717, 1.165) is 12.8 Å². The van der Waals surface area contributed by atoms with Gasteiger partial charge in [0.2, 0.25) is 5.91 Å². The highest BCUT2D eigenvalue weighted by atomic mass is 16.3. The van der Waals surface area contributed by atoms with Crippen molar-refractivity contribution >= 4 is 5.91 Å². The maximum atomic E-state index is 11.6. The van der Waals surface area contributed by atoms with Crippen molar-refractivity contribution in [3.05, 3.63) is 0 Å². The van der Waals surface area contributed by atoms with Crippen LogP contribution >= 0.6 is 0 Å². The number of hydrogen-bond acceptors (Lipinski definition) is 2. The number of carbonyl (C=O) groups excluding carboxylic acids is 1. The summed E-state index contributed by atoms with van der Waals surface area (Å²) in [6.45, 7) is 8.56. The number of amides is 1. The molecule has 0 aromatic rings. The van der Waals surface area contributed by atoms with Crippen molar-refractivity contribution in [2.45, 2.75) is 59.1 Å². The summed E-state index contributed by atoms with van der Waals surface area (Å²) in [7, 11) is 0. The van der Waals surface area contributed by atoms with E-state index in [4.69, 9.17) is 5.11 Å². The van der Waals surface area contributed by atoms with Crippen LogP contribution in [0.2, 0.25) is 0 Å². The Morgan fingerprint density at radius 1 is 1.47 bits per heavy atom. The van der Waals surface area contributed by atoms with E-state index in [1.54, 1.807) is 0 Å². The summed E-state index contributed by atoms with van der Waals surface area (Å²) < 4.78 is 0. The lowest BCUT2D eigenvalue weighted by molar-refractivity contribution is -0.124. The molecule has 0 heterocycles. The van der Waals surface area contributed by atoms with Crippen LogP contribution in [0.1, 0.15) is 47.0 Å². The molecule has 88 valence electrons. The third-order valence-electron chi connectivity index (χ3n) is 3.45. The van der Waals surface area contributed by atoms with Crippen LogP contribution in [-0.2, 0) is 4.79 Å². The smallest absolute Gasteiger partial charge is 0.220 e. The summed E-state index contributed by atoms with van der Waals surface area (Å²) in [6.07, 6.45) is 1.82. The number of nitrogens with one attached hydrogen (secondary N) is 1. The van der Waals surface area contributed by atoms with Gasteiger partial charge in [0.25, 0.3) is 0 Å². The molecule has 15 heavy (non-hydrogen) atoms. The monoisotopic (exact) mass is 213 g/mol. The fraction of sp³-hybridized carbons (Fsp3) is 0.917. The lowest BCUT2D eigenvalue weighted by Gasteiger charge is -2.33. The van der Waals surface area contributed by atoms with E-state index in [2.05, 4.69) is 33.0 Å². The summed E-state index contributed by atoms with van der Waals surface area (Å²) in [6, 6.07) is 0.208. The Kier molecular flexibility index (Phi) is 3.77. The second-order valence-electron chi connectivity index (χ2n) is 5.86. The highest BCUT2D eigenvalue weighted by Crippen LogP contribution is 2.28. The van der Waals surface area contributed by atoms with Crippen molar-refractivity contribution in [2.75, 3.05) is 0 Å². The fourth-order valence-electron chi connectivity index (χ4n) is 1.58. The van der Waals surface area contributed by atoms with E-state index in [1.807, 2.05) is 0 Å². The van der Waals surface area contributed by atoms with Crippen LogP contribution < -0.4 is 5.32 Å². The Bertz CT molecular complexity index is 226. The predicted molar refractivity (Wildman–Crippen MR) is 60.4 cm³/mol. The molecular formula is C12H23NO2. The first-order chi connectivity index (χ1) is 6.79. The molecule has 0 bridgehead atoms. The van der Waals surface area contributed by atoms with Gasteiger partial charge in [-0.2, -0.15) is 0 Å². The maximum absolute atomic E-state index is 11.6. The Morgan fingerprint density at radius 2 is 2.00 bits per heavy atom. The highest BCUT2D eigenvalue weighted by Gasteiger charge is 2.29. The molecule has 1 atom stereocenters. The normalized spacial score (nSPS) is 28.1. The molecule has 3 heteroatoms. The van der Waals surface area contributed by atoms with Gasteiger partial charge in [0, 0.05) is 12.5 Å². The predicted octanol–water partition coefficient (Wildman–Crippen LogP) is 1.70. The van der Waals surface area contributed by atoms with Crippen LogP contribution in [0.5, 0.6) is 0 Å². The Morgan fingerprint density at radius 3 is 2.40 bits per heavy atom. The molecule has 1 aliphatic rings. The van der Waals surface area contributed by atoms with Crippen LogP contribution in [-0.4, -0.2) is 23.2 Å². The highest BCUT2D eigenvalue weighted by molar-refractivity contribution is 5.76. The Balaban J connectivity index is 2.24. The molecule has 2 N–H and O–H groups in total. The molecule has 0 radical (unpaired) electrons. The largest absolute Gasteiger partial charge is 0.393 e. The van der Waals surface area contributed by atoms with E-state index in [0.29, 0.717) is 12.3 Å². The zero-order chi connectivity index (χ0) is 11.6. The molecule has 1 aliphatic carbocycles. The van der Waals surface area contributed by atoms with Gasteiger partial charge in [0.15, 0.2) is 0 Å². The van der Waals surface area contributed by atoms with Gasteiger partial charge in [-0.15, -0.1) is 0 Å². The van der Waals surface area contributed by atoms with Crippen molar-refractivity contribution in [1.82, 2.24) is 5.32 Å². The molecule has 0 saturated heterocycles. The van der Waals surface area contributed by atoms with Gasteiger partial charge in [-0.1, -0.05) is 27.7 Å². The molecule has 0 spiro atoms. The summed E-state index contributed by atoms with van der Waals surface area (Å²) >= 11 is 0. The molecule has 3 nitrogen and oxygen atoms in total. The zero-order valence-electron chi connectivity index (χ0n) is 10.2. The standard InChI is InChI=1S/C12H23NO2/c1-8(12(2,3)4)5-11(15)13-9-6-10(14)7-9/h8-10,14H,5-7H2,1-4H3,(H,13,15). The van der Waals surface area contributed by atoms with Gasteiger partial charge in [-0.3, -0.25) is 4.79 Å². The third-order valence-corrected chi connectivity index (χ3v) is 3.45. The van der Waals surface area contributed by atoms with E-state index in [-0.39, 0.29) is 23.5 Å². The molecule has 1 rings (SSSR count). The van der Waals surface area contributed by atoms with Crippen molar-refractivity contribution in [2.24, 2.45) is 11.3 Å². The minimum absolute atomic E-state index is 0.120. The second-order valence-corrected chi connectivity index (χ2v) is 5.86. The molecule has 1 saturated carbocycles. The molecule has 1 fully saturated rings. The van der Waals surface area contributed by atoms with E-state index < -0.39 is 0 Å². The summed E-state index contributed by atoms with van der Waals surface area (Å²) in [4.78, 5) is 11.6. The first-order valence-electron chi connectivity index (χ1n) is 5.76. The minimum Gasteiger partial charge on any atom is -0.393 e. The van der Waals surface area contributed by atoms with Crippen molar-refractivity contribution in [3.63, 3.8) is 0 Å². The average Bonchev–Trinajstić information content (AvgIpc) is 1.99. The number of hydrogen-bond donors (Lipinski definition) is 2. The third kappa shape index (κ3) is 3.82. The van der Waals surface area contributed by atoms with E-state index in [9.17, 15) is 4.79 Å². The number of carbonyl (C=O) groups is 1. The van der Waals surface area contributed by atoms with Crippen molar-refractivity contribution in [1.29, 1.82) is 0 Å². The Hall–Kier alpha value is -0.570. The fourth-order valence-corrected chi connectivity index (χ4v) is 1.58. The molecule has 0 aromatic carbocycles. The average molecular weight is 213 g/mol. The SMILES string of the molecule is CC(CC(=O)NC1CC(O)C1)C(C)(C)C. The van der Waals surface area contributed by atoms with Gasteiger partial charge in [0.1, 0.15) is 0 Å². The van der Waals surface area contributed by atoms with Gasteiger partial charge in [0.05, 0.1) is 6.10 Å². The maximum Gasteiger partial charge on any atom is 0.220 e. The van der Waals surface area contributed by atoms with Crippen LogP contribution in [0.25, 0.3) is 0 Å². The second kappa shape index (κ2) is 4.52. The molecular weight excluding hydrogens is 190 g/mol. The van der Waals surface area contributed by atoms with E-state index in [1.165, 1.54) is 0 Å². The minimum atomic E-state index is -0.199. The van der Waals surface area contributed by atoms with Crippen LogP contribution in [0.3, 0.4) is 0 Å². The summed E-state index contributed by atoms with van der Waals surface area (Å²) in [5.74, 6) is 0.497. The van der Waals surface area contributed by atoms with Crippen molar-refractivity contribution < 1.29 is 9.90 Å². The quantitative estimate of drug-likeness (QED) is 0.749.